The number of benzene rings is 1. The van der Waals surface area contributed by atoms with E-state index in [1.165, 1.54) is 5.56 Å². The van der Waals surface area contributed by atoms with Gasteiger partial charge in [-0.1, -0.05) is 12.1 Å². The Kier molecular flexibility index (Phi) is 3.74. The SMILES string of the molecule is COc1ccc(COc2nc3c(cc2C#N)CCC3)cc1. The van der Waals surface area contributed by atoms with E-state index < -0.39 is 0 Å². The van der Waals surface area contributed by atoms with Crippen molar-refractivity contribution in [1.82, 2.24) is 4.98 Å². The van der Waals surface area contributed by atoms with Gasteiger partial charge in [0.25, 0.3) is 0 Å². The molecule has 1 heterocycles. The number of nitrogens with zero attached hydrogens (tertiary/aromatic N) is 2. The third kappa shape index (κ3) is 2.82. The fourth-order valence-corrected chi connectivity index (χ4v) is 2.52. The number of aryl methyl sites for hydroxylation is 2. The molecule has 0 atom stereocenters. The Labute approximate surface area is 124 Å². The zero-order chi connectivity index (χ0) is 14.7. The van der Waals surface area contributed by atoms with Crippen LogP contribution in [0.2, 0.25) is 0 Å². The maximum Gasteiger partial charge on any atom is 0.232 e. The van der Waals surface area contributed by atoms with Gasteiger partial charge in [-0.3, -0.25) is 0 Å². The lowest BCUT2D eigenvalue weighted by molar-refractivity contribution is 0.292. The minimum Gasteiger partial charge on any atom is -0.497 e. The number of pyridine rings is 1. The van der Waals surface area contributed by atoms with E-state index in [1.807, 2.05) is 30.3 Å². The molecule has 1 aliphatic rings. The summed E-state index contributed by atoms with van der Waals surface area (Å²) in [4.78, 5) is 4.50. The molecule has 1 aromatic heterocycles. The van der Waals surface area contributed by atoms with Gasteiger partial charge < -0.3 is 9.47 Å². The summed E-state index contributed by atoms with van der Waals surface area (Å²) >= 11 is 0. The van der Waals surface area contributed by atoms with E-state index in [4.69, 9.17) is 9.47 Å². The molecule has 0 radical (unpaired) electrons. The molecule has 0 bridgehead atoms. The highest BCUT2D eigenvalue weighted by Gasteiger charge is 2.17. The van der Waals surface area contributed by atoms with Gasteiger partial charge in [-0.15, -0.1) is 0 Å². The second kappa shape index (κ2) is 5.84. The summed E-state index contributed by atoms with van der Waals surface area (Å²) in [6.45, 7) is 0.393. The molecule has 4 nitrogen and oxygen atoms in total. The first-order valence-electron chi connectivity index (χ1n) is 6.99. The Morgan fingerprint density at radius 1 is 1.24 bits per heavy atom. The lowest BCUT2D eigenvalue weighted by atomic mass is 10.1. The highest BCUT2D eigenvalue weighted by atomic mass is 16.5. The van der Waals surface area contributed by atoms with Crippen molar-refractivity contribution in [3.63, 3.8) is 0 Å². The first-order valence-corrected chi connectivity index (χ1v) is 6.99. The number of hydrogen-bond acceptors (Lipinski definition) is 4. The molecule has 0 amide bonds. The van der Waals surface area contributed by atoms with E-state index in [0.717, 1.165) is 36.3 Å². The summed E-state index contributed by atoms with van der Waals surface area (Å²) in [6, 6.07) is 11.8. The quantitative estimate of drug-likeness (QED) is 0.863. The van der Waals surface area contributed by atoms with Gasteiger partial charge >= 0.3 is 0 Å². The van der Waals surface area contributed by atoms with E-state index >= 15 is 0 Å². The van der Waals surface area contributed by atoms with Crippen molar-refractivity contribution in [2.45, 2.75) is 25.9 Å². The first kappa shape index (κ1) is 13.4. The standard InChI is InChI=1S/C17H16N2O2/c1-20-15-7-5-12(6-8-15)11-21-17-14(10-18)9-13-3-2-4-16(13)19-17/h5-9H,2-4,11H2,1H3. The Morgan fingerprint density at radius 3 is 2.76 bits per heavy atom. The van der Waals surface area contributed by atoms with Crippen molar-refractivity contribution in [2.75, 3.05) is 7.11 Å². The summed E-state index contributed by atoms with van der Waals surface area (Å²) in [5.41, 5.74) is 3.79. The summed E-state index contributed by atoms with van der Waals surface area (Å²) in [5, 5.41) is 9.23. The van der Waals surface area contributed by atoms with E-state index in [9.17, 15) is 5.26 Å². The summed E-state index contributed by atoms with van der Waals surface area (Å²) < 4.78 is 10.9. The molecule has 0 fully saturated rings. The highest BCUT2D eigenvalue weighted by molar-refractivity contribution is 5.44. The average molecular weight is 280 g/mol. The van der Waals surface area contributed by atoms with Crippen LogP contribution in [0.15, 0.2) is 30.3 Å². The van der Waals surface area contributed by atoms with Gasteiger partial charge in [0.05, 0.1) is 7.11 Å². The molecule has 0 saturated heterocycles. The van der Waals surface area contributed by atoms with Crippen molar-refractivity contribution in [3.05, 3.63) is 52.7 Å². The molecule has 0 aliphatic heterocycles. The summed E-state index contributed by atoms with van der Waals surface area (Å²) in [5.74, 6) is 1.25. The molecule has 4 heteroatoms. The van der Waals surface area contributed by atoms with Crippen LogP contribution in [0.4, 0.5) is 0 Å². The third-order valence-electron chi connectivity index (χ3n) is 3.67. The monoisotopic (exact) mass is 280 g/mol. The lowest BCUT2D eigenvalue weighted by Crippen LogP contribution is -2.02. The molecule has 106 valence electrons. The Bertz CT molecular complexity index is 687. The van der Waals surface area contributed by atoms with Crippen LogP contribution in [0.5, 0.6) is 11.6 Å². The van der Waals surface area contributed by atoms with Gasteiger partial charge in [0, 0.05) is 5.69 Å². The van der Waals surface area contributed by atoms with Gasteiger partial charge in [-0.05, 0) is 48.6 Å². The van der Waals surface area contributed by atoms with Crippen LogP contribution in [0.3, 0.4) is 0 Å². The van der Waals surface area contributed by atoms with E-state index in [-0.39, 0.29) is 0 Å². The van der Waals surface area contributed by atoms with E-state index in [0.29, 0.717) is 18.1 Å². The summed E-state index contributed by atoms with van der Waals surface area (Å²) in [7, 11) is 1.64. The van der Waals surface area contributed by atoms with Gasteiger partial charge in [0.2, 0.25) is 5.88 Å². The highest BCUT2D eigenvalue weighted by Crippen LogP contribution is 2.26. The van der Waals surface area contributed by atoms with Crippen molar-refractivity contribution >= 4 is 0 Å². The molecule has 2 aromatic rings. The minimum atomic E-state index is 0.393. The molecule has 0 N–H and O–H groups in total. The lowest BCUT2D eigenvalue weighted by Gasteiger charge is -2.09. The van der Waals surface area contributed by atoms with Crippen LogP contribution in [0.1, 0.15) is 28.8 Å². The molecule has 21 heavy (non-hydrogen) atoms. The van der Waals surface area contributed by atoms with Crippen molar-refractivity contribution < 1.29 is 9.47 Å². The largest absolute Gasteiger partial charge is 0.497 e. The zero-order valence-electron chi connectivity index (χ0n) is 11.9. The summed E-state index contributed by atoms with van der Waals surface area (Å²) in [6.07, 6.45) is 3.09. The van der Waals surface area contributed by atoms with Crippen LogP contribution in [0.25, 0.3) is 0 Å². The maximum atomic E-state index is 9.23. The predicted molar refractivity (Wildman–Crippen MR) is 78.3 cm³/mol. The molecule has 3 rings (SSSR count). The molecule has 1 aliphatic carbocycles. The number of aromatic nitrogens is 1. The molecular formula is C17H16N2O2. The number of nitriles is 1. The fourth-order valence-electron chi connectivity index (χ4n) is 2.52. The van der Waals surface area contributed by atoms with E-state index in [1.54, 1.807) is 7.11 Å². The first-order chi connectivity index (χ1) is 10.3. The number of hydrogen-bond donors (Lipinski definition) is 0. The van der Waals surface area contributed by atoms with Crippen molar-refractivity contribution in [1.29, 1.82) is 5.26 Å². The van der Waals surface area contributed by atoms with Crippen molar-refractivity contribution in [3.8, 4) is 17.7 Å². The molecule has 1 aromatic carbocycles. The smallest absolute Gasteiger partial charge is 0.232 e. The van der Waals surface area contributed by atoms with Gasteiger partial charge in [-0.25, -0.2) is 4.98 Å². The van der Waals surface area contributed by atoms with Crippen molar-refractivity contribution in [2.24, 2.45) is 0 Å². The van der Waals surface area contributed by atoms with Crippen LogP contribution in [0, 0.1) is 11.3 Å². The Hall–Kier alpha value is -2.54. The topological polar surface area (TPSA) is 55.1 Å². The van der Waals surface area contributed by atoms with Gasteiger partial charge in [-0.2, -0.15) is 5.26 Å². The molecule has 0 saturated carbocycles. The van der Waals surface area contributed by atoms with E-state index in [2.05, 4.69) is 11.1 Å². The zero-order valence-corrected chi connectivity index (χ0v) is 11.9. The second-order valence-corrected chi connectivity index (χ2v) is 5.05. The number of rotatable bonds is 4. The number of ether oxygens (including phenoxy) is 2. The predicted octanol–water partition coefficient (Wildman–Crippen LogP) is 3.03. The number of fused-ring (bicyclic) bond motifs is 1. The maximum absolute atomic E-state index is 9.23. The fraction of sp³-hybridized carbons (Fsp3) is 0.294. The van der Waals surface area contributed by atoms with Crippen LogP contribution < -0.4 is 9.47 Å². The van der Waals surface area contributed by atoms with Crippen LogP contribution >= 0.6 is 0 Å². The molecule has 0 spiro atoms. The van der Waals surface area contributed by atoms with Crippen LogP contribution in [-0.2, 0) is 19.4 Å². The third-order valence-corrected chi connectivity index (χ3v) is 3.67. The molecular weight excluding hydrogens is 264 g/mol. The molecule has 0 unspecified atom stereocenters. The Balaban J connectivity index is 1.76. The Morgan fingerprint density at radius 2 is 2.05 bits per heavy atom. The second-order valence-electron chi connectivity index (χ2n) is 5.05. The average Bonchev–Trinajstić information content (AvgIpc) is 2.99. The van der Waals surface area contributed by atoms with Gasteiger partial charge in [0.15, 0.2) is 0 Å². The minimum absolute atomic E-state index is 0.393. The normalized spacial score (nSPS) is 12.6. The van der Waals surface area contributed by atoms with Gasteiger partial charge in [0.1, 0.15) is 24.0 Å². The van der Waals surface area contributed by atoms with Crippen LogP contribution in [-0.4, -0.2) is 12.1 Å². The number of methoxy groups -OCH3 is 1.